The summed E-state index contributed by atoms with van der Waals surface area (Å²) in [7, 11) is 0. The van der Waals surface area contributed by atoms with E-state index in [9.17, 15) is 24.6 Å². The lowest BCUT2D eigenvalue weighted by atomic mass is 10.1. The van der Waals surface area contributed by atoms with Crippen LogP contribution in [0.15, 0.2) is 48.5 Å². The summed E-state index contributed by atoms with van der Waals surface area (Å²) in [5, 5.41) is 24.0. The van der Waals surface area contributed by atoms with Crippen LogP contribution in [-0.2, 0) is 0 Å². The van der Waals surface area contributed by atoms with Gasteiger partial charge in [0.15, 0.2) is 0 Å². The number of carboxylic acids is 2. The monoisotopic (exact) mass is 283 g/mol. The molecule has 0 bridgehead atoms. The Morgan fingerprint density at radius 3 is 1.86 bits per heavy atom. The maximum Gasteiger partial charge on any atom is 0.256 e. The summed E-state index contributed by atoms with van der Waals surface area (Å²) in [4.78, 5) is 33.6. The highest BCUT2D eigenvalue weighted by molar-refractivity contribution is 6.10. The normalized spacial score (nSPS) is 9.90. The molecular formula is C15H9NO5-2. The summed E-state index contributed by atoms with van der Waals surface area (Å²) in [5.41, 5.74) is 0.0455. The van der Waals surface area contributed by atoms with Crippen molar-refractivity contribution in [3.05, 3.63) is 65.2 Å². The standard InChI is InChI=1S/C15H11NO5/c17-13(11-3-1-2-4-12(11)15(20)21)16-10-7-5-9(6-8-10)14(18)19/h1-8H,(H,16,17)(H,18,19)(H,20,21)/p-2. The van der Waals surface area contributed by atoms with Crippen molar-refractivity contribution in [2.75, 3.05) is 5.32 Å². The summed E-state index contributed by atoms with van der Waals surface area (Å²) in [6.45, 7) is 0. The minimum absolute atomic E-state index is 0.0249. The van der Waals surface area contributed by atoms with Gasteiger partial charge >= 0.3 is 0 Å². The number of benzene rings is 2. The third kappa shape index (κ3) is 3.24. The molecule has 0 heterocycles. The number of carbonyl (C=O) groups is 3. The van der Waals surface area contributed by atoms with E-state index in [1.807, 2.05) is 0 Å². The number of aromatic carboxylic acids is 2. The molecule has 6 nitrogen and oxygen atoms in total. The number of nitrogens with one attached hydrogen (secondary N) is 1. The van der Waals surface area contributed by atoms with Crippen molar-refractivity contribution in [3.8, 4) is 0 Å². The first-order valence-electron chi connectivity index (χ1n) is 5.92. The molecule has 0 spiro atoms. The van der Waals surface area contributed by atoms with Gasteiger partial charge in [-0.2, -0.15) is 0 Å². The van der Waals surface area contributed by atoms with Gasteiger partial charge in [0, 0.05) is 16.8 Å². The number of hydrogen-bond donors (Lipinski definition) is 1. The van der Waals surface area contributed by atoms with Gasteiger partial charge in [-0.3, -0.25) is 4.79 Å². The molecule has 0 aliphatic rings. The van der Waals surface area contributed by atoms with E-state index in [4.69, 9.17) is 0 Å². The molecule has 2 aromatic rings. The number of anilines is 1. The zero-order valence-corrected chi connectivity index (χ0v) is 10.7. The van der Waals surface area contributed by atoms with Crippen LogP contribution in [0.3, 0.4) is 0 Å². The maximum absolute atomic E-state index is 12.0. The van der Waals surface area contributed by atoms with Crippen molar-refractivity contribution in [1.29, 1.82) is 0 Å². The zero-order valence-electron chi connectivity index (χ0n) is 10.7. The molecule has 0 aliphatic heterocycles. The first-order chi connectivity index (χ1) is 9.99. The Kier molecular flexibility index (Phi) is 3.99. The van der Waals surface area contributed by atoms with Crippen LogP contribution < -0.4 is 15.5 Å². The highest BCUT2D eigenvalue weighted by Crippen LogP contribution is 2.13. The third-order valence-corrected chi connectivity index (χ3v) is 2.77. The molecule has 21 heavy (non-hydrogen) atoms. The molecule has 0 atom stereocenters. The molecule has 106 valence electrons. The number of hydrogen-bond acceptors (Lipinski definition) is 5. The number of carboxylic acid groups (broad SMARTS) is 2. The Labute approximate surface area is 119 Å². The van der Waals surface area contributed by atoms with E-state index in [1.54, 1.807) is 0 Å². The number of rotatable bonds is 4. The van der Waals surface area contributed by atoms with Crippen molar-refractivity contribution in [2.45, 2.75) is 0 Å². The van der Waals surface area contributed by atoms with E-state index < -0.39 is 17.8 Å². The second-order valence-electron chi connectivity index (χ2n) is 4.15. The molecule has 0 fully saturated rings. The summed E-state index contributed by atoms with van der Waals surface area (Å²) in [6.07, 6.45) is 0. The topological polar surface area (TPSA) is 109 Å². The van der Waals surface area contributed by atoms with Crippen LogP contribution in [0.4, 0.5) is 5.69 Å². The minimum Gasteiger partial charge on any atom is -0.545 e. The predicted octanol–water partition coefficient (Wildman–Crippen LogP) is -0.334. The van der Waals surface area contributed by atoms with Crippen molar-refractivity contribution in [2.24, 2.45) is 0 Å². The fourth-order valence-corrected chi connectivity index (χ4v) is 1.75. The average Bonchev–Trinajstić information content (AvgIpc) is 2.47. The van der Waals surface area contributed by atoms with Gasteiger partial charge in [-0.15, -0.1) is 0 Å². The van der Waals surface area contributed by atoms with E-state index in [1.165, 1.54) is 48.5 Å². The van der Waals surface area contributed by atoms with E-state index in [0.29, 0.717) is 5.69 Å². The first-order valence-corrected chi connectivity index (χ1v) is 5.92. The molecule has 1 N–H and O–H groups in total. The summed E-state index contributed by atoms with van der Waals surface area (Å²) in [5.74, 6) is -3.40. The lowest BCUT2D eigenvalue weighted by Gasteiger charge is -2.11. The van der Waals surface area contributed by atoms with Crippen LogP contribution >= 0.6 is 0 Å². The van der Waals surface area contributed by atoms with Gasteiger partial charge in [0.05, 0.1) is 11.9 Å². The van der Waals surface area contributed by atoms with Crippen LogP contribution in [-0.4, -0.2) is 17.8 Å². The van der Waals surface area contributed by atoms with Crippen LogP contribution in [0.5, 0.6) is 0 Å². The summed E-state index contributed by atoms with van der Waals surface area (Å²) >= 11 is 0. The molecule has 1 amide bonds. The molecule has 0 unspecified atom stereocenters. The highest BCUT2D eigenvalue weighted by atomic mass is 16.4. The van der Waals surface area contributed by atoms with Crippen molar-refractivity contribution in [3.63, 3.8) is 0 Å². The predicted molar refractivity (Wildman–Crippen MR) is 69.5 cm³/mol. The van der Waals surface area contributed by atoms with Gasteiger partial charge in [-0.1, -0.05) is 30.3 Å². The largest absolute Gasteiger partial charge is 0.545 e. The molecule has 0 aliphatic carbocycles. The molecule has 2 rings (SSSR count). The molecule has 0 radical (unpaired) electrons. The van der Waals surface area contributed by atoms with Gasteiger partial charge in [-0.25, -0.2) is 0 Å². The second-order valence-corrected chi connectivity index (χ2v) is 4.15. The van der Waals surface area contributed by atoms with Crippen LogP contribution in [0.25, 0.3) is 0 Å². The smallest absolute Gasteiger partial charge is 0.256 e. The molecular weight excluding hydrogens is 274 g/mol. The SMILES string of the molecule is O=C([O-])c1ccc(NC(=O)c2ccccc2C(=O)[O-])cc1. The fourth-order valence-electron chi connectivity index (χ4n) is 1.75. The highest BCUT2D eigenvalue weighted by Gasteiger charge is 2.11. The molecule has 0 saturated carbocycles. The zero-order chi connectivity index (χ0) is 15.4. The molecule has 6 heteroatoms. The first kappa shape index (κ1) is 14.3. The molecule has 2 aromatic carbocycles. The molecule has 0 aromatic heterocycles. The Morgan fingerprint density at radius 2 is 1.33 bits per heavy atom. The van der Waals surface area contributed by atoms with Crippen molar-refractivity contribution >= 4 is 23.5 Å². The Balaban J connectivity index is 2.22. The Bertz CT molecular complexity index is 706. The Hall–Kier alpha value is -3.15. The third-order valence-electron chi connectivity index (χ3n) is 2.77. The minimum atomic E-state index is -1.45. The van der Waals surface area contributed by atoms with Gasteiger partial charge in [-0.05, 0) is 23.8 Å². The van der Waals surface area contributed by atoms with E-state index >= 15 is 0 Å². The number of amides is 1. The maximum atomic E-state index is 12.0. The number of carbonyl (C=O) groups excluding carboxylic acids is 3. The average molecular weight is 283 g/mol. The van der Waals surface area contributed by atoms with Gasteiger partial charge in [0.25, 0.3) is 5.91 Å². The van der Waals surface area contributed by atoms with Crippen LogP contribution in [0.1, 0.15) is 31.1 Å². The van der Waals surface area contributed by atoms with Gasteiger partial charge in [0.1, 0.15) is 0 Å². The van der Waals surface area contributed by atoms with Crippen molar-refractivity contribution < 1.29 is 24.6 Å². The molecule has 0 saturated heterocycles. The van der Waals surface area contributed by atoms with Crippen LogP contribution in [0, 0.1) is 0 Å². The van der Waals surface area contributed by atoms with E-state index in [0.717, 1.165) is 0 Å². The van der Waals surface area contributed by atoms with E-state index in [-0.39, 0.29) is 16.7 Å². The lowest BCUT2D eigenvalue weighted by molar-refractivity contribution is -0.256. The fraction of sp³-hybridized carbons (Fsp3) is 0. The van der Waals surface area contributed by atoms with Crippen LogP contribution in [0.2, 0.25) is 0 Å². The second kappa shape index (κ2) is 5.87. The van der Waals surface area contributed by atoms with Gasteiger partial charge in [0.2, 0.25) is 0 Å². The summed E-state index contributed by atoms with van der Waals surface area (Å²) in [6, 6.07) is 10.9. The summed E-state index contributed by atoms with van der Waals surface area (Å²) < 4.78 is 0. The van der Waals surface area contributed by atoms with Crippen molar-refractivity contribution in [1.82, 2.24) is 0 Å². The van der Waals surface area contributed by atoms with E-state index in [2.05, 4.69) is 5.32 Å². The quantitative estimate of drug-likeness (QED) is 0.826. The lowest BCUT2D eigenvalue weighted by Crippen LogP contribution is -2.26. The van der Waals surface area contributed by atoms with Gasteiger partial charge < -0.3 is 25.1 Å². The Morgan fingerprint density at radius 1 is 0.762 bits per heavy atom.